The summed E-state index contributed by atoms with van der Waals surface area (Å²) in [6.07, 6.45) is 4.79. The third-order valence-electron chi connectivity index (χ3n) is 3.44. The number of nitrogens with zero attached hydrogens (tertiary/aromatic N) is 3. The van der Waals surface area contributed by atoms with E-state index in [0.717, 1.165) is 5.56 Å². The first-order chi connectivity index (χ1) is 11.0. The summed E-state index contributed by atoms with van der Waals surface area (Å²) in [4.78, 5) is 28.1. The Labute approximate surface area is 133 Å². The minimum absolute atomic E-state index is 0.0309. The molecule has 0 bridgehead atoms. The number of aromatic nitrogens is 2. The highest BCUT2D eigenvalue weighted by atomic mass is 16.4. The van der Waals surface area contributed by atoms with E-state index in [4.69, 9.17) is 5.11 Å². The lowest BCUT2D eigenvalue weighted by Crippen LogP contribution is -2.25. The van der Waals surface area contributed by atoms with E-state index in [1.807, 2.05) is 17.0 Å². The van der Waals surface area contributed by atoms with E-state index < -0.39 is 11.4 Å². The fraction of sp³-hybridized carbons (Fsp3) is 0.312. The van der Waals surface area contributed by atoms with Gasteiger partial charge in [0, 0.05) is 43.8 Å². The van der Waals surface area contributed by atoms with Gasteiger partial charge in [-0.15, -0.1) is 0 Å². The summed E-state index contributed by atoms with van der Waals surface area (Å²) in [5, 5.41) is 18.4. The maximum atomic E-state index is 11.7. The largest absolute Gasteiger partial charge is 0.503 e. The second-order valence-corrected chi connectivity index (χ2v) is 5.38. The molecule has 2 rings (SSSR count). The molecule has 0 amide bonds. The van der Waals surface area contributed by atoms with Crippen LogP contribution in [0.4, 0.5) is 0 Å². The van der Waals surface area contributed by atoms with Gasteiger partial charge < -0.3 is 19.7 Å². The van der Waals surface area contributed by atoms with Crippen molar-refractivity contribution in [2.45, 2.75) is 19.5 Å². The van der Waals surface area contributed by atoms with E-state index in [1.54, 1.807) is 24.0 Å². The second-order valence-electron chi connectivity index (χ2n) is 5.38. The van der Waals surface area contributed by atoms with E-state index in [2.05, 4.69) is 4.98 Å². The van der Waals surface area contributed by atoms with Crippen molar-refractivity contribution < 1.29 is 15.0 Å². The van der Waals surface area contributed by atoms with Gasteiger partial charge in [-0.2, -0.15) is 0 Å². The number of aromatic hydroxyl groups is 1. The molecule has 0 saturated heterocycles. The van der Waals surface area contributed by atoms with Crippen molar-refractivity contribution in [1.82, 2.24) is 14.5 Å². The fourth-order valence-corrected chi connectivity index (χ4v) is 2.21. The van der Waals surface area contributed by atoms with Gasteiger partial charge in [-0.25, -0.2) is 0 Å². The van der Waals surface area contributed by atoms with Gasteiger partial charge in [-0.05, 0) is 24.7 Å². The molecular formula is C16H19N3O4. The number of carboxylic acids is 1. The van der Waals surface area contributed by atoms with Gasteiger partial charge in [0.2, 0.25) is 5.43 Å². The Morgan fingerprint density at radius 1 is 1.35 bits per heavy atom. The van der Waals surface area contributed by atoms with Gasteiger partial charge in [0.1, 0.15) is 0 Å². The lowest BCUT2D eigenvalue weighted by atomic mass is 10.2. The molecule has 122 valence electrons. The minimum Gasteiger partial charge on any atom is -0.503 e. The predicted octanol–water partition coefficient (Wildman–Crippen LogP) is 0.904. The number of aliphatic carboxylic acids is 1. The molecule has 0 unspecified atom stereocenters. The van der Waals surface area contributed by atoms with E-state index in [9.17, 15) is 14.7 Å². The smallest absolute Gasteiger partial charge is 0.304 e. The topological polar surface area (TPSA) is 95.7 Å². The first-order valence-electron chi connectivity index (χ1n) is 7.17. The average Bonchev–Trinajstić information content (AvgIpc) is 2.51. The van der Waals surface area contributed by atoms with Gasteiger partial charge in [-0.3, -0.25) is 14.6 Å². The van der Waals surface area contributed by atoms with Gasteiger partial charge >= 0.3 is 5.97 Å². The van der Waals surface area contributed by atoms with Crippen molar-refractivity contribution in [3.05, 3.63) is 58.3 Å². The molecule has 23 heavy (non-hydrogen) atoms. The molecule has 0 aliphatic rings. The molecule has 2 aromatic heterocycles. The molecule has 0 spiro atoms. The molecule has 0 saturated carbocycles. The molecular weight excluding hydrogens is 298 g/mol. The summed E-state index contributed by atoms with van der Waals surface area (Å²) in [7, 11) is 1.79. The quantitative estimate of drug-likeness (QED) is 0.788. The summed E-state index contributed by atoms with van der Waals surface area (Å²) in [5.74, 6) is -1.17. The van der Waals surface area contributed by atoms with Crippen molar-refractivity contribution in [3.63, 3.8) is 0 Å². The van der Waals surface area contributed by atoms with Gasteiger partial charge in [0.25, 0.3) is 0 Å². The standard InChI is InChI=1S/C16H19N3O4/c1-18(7-4-16(22)23)10-13-8-14(20)15(21)11-19(13)9-12-2-5-17-6-3-12/h2-3,5-6,8,11,21H,4,7,9-10H2,1H3,(H,22,23). The molecule has 0 radical (unpaired) electrons. The lowest BCUT2D eigenvalue weighted by molar-refractivity contribution is -0.137. The number of rotatable bonds is 7. The third kappa shape index (κ3) is 4.93. The highest BCUT2D eigenvalue weighted by Gasteiger charge is 2.10. The Morgan fingerprint density at radius 2 is 2.04 bits per heavy atom. The van der Waals surface area contributed by atoms with E-state index >= 15 is 0 Å². The zero-order valence-corrected chi connectivity index (χ0v) is 12.8. The van der Waals surface area contributed by atoms with Crippen molar-refractivity contribution in [3.8, 4) is 5.75 Å². The van der Waals surface area contributed by atoms with Crippen LogP contribution in [0.25, 0.3) is 0 Å². The number of hydrogen-bond acceptors (Lipinski definition) is 5. The van der Waals surface area contributed by atoms with Crippen LogP contribution in [0.1, 0.15) is 17.7 Å². The molecule has 7 nitrogen and oxygen atoms in total. The summed E-state index contributed by atoms with van der Waals surface area (Å²) in [6.45, 7) is 1.27. The van der Waals surface area contributed by atoms with Crippen LogP contribution in [0.15, 0.2) is 41.6 Å². The van der Waals surface area contributed by atoms with Crippen LogP contribution in [0.2, 0.25) is 0 Å². The Bertz CT molecular complexity index is 728. The fourth-order valence-electron chi connectivity index (χ4n) is 2.21. The molecule has 2 heterocycles. The zero-order chi connectivity index (χ0) is 16.8. The molecule has 2 N–H and O–H groups in total. The predicted molar refractivity (Wildman–Crippen MR) is 84.3 cm³/mol. The van der Waals surface area contributed by atoms with Crippen molar-refractivity contribution >= 4 is 5.97 Å². The second kappa shape index (κ2) is 7.55. The lowest BCUT2D eigenvalue weighted by Gasteiger charge is -2.20. The van der Waals surface area contributed by atoms with E-state index in [0.29, 0.717) is 25.3 Å². The highest BCUT2D eigenvalue weighted by molar-refractivity contribution is 5.66. The maximum absolute atomic E-state index is 11.7. The van der Waals surface area contributed by atoms with Crippen LogP contribution < -0.4 is 5.43 Å². The normalized spacial score (nSPS) is 10.9. The van der Waals surface area contributed by atoms with Crippen LogP contribution in [0.5, 0.6) is 5.75 Å². The summed E-state index contributed by atoms with van der Waals surface area (Å²) in [6, 6.07) is 5.09. The first-order valence-corrected chi connectivity index (χ1v) is 7.17. The van der Waals surface area contributed by atoms with E-state index in [1.165, 1.54) is 12.3 Å². The number of carboxylic acid groups (broad SMARTS) is 1. The van der Waals surface area contributed by atoms with Gasteiger partial charge in [0.15, 0.2) is 5.75 Å². The number of hydrogen-bond donors (Lipinski definition) is 2. The van der Waals surface area contributed by atoms with Crippen molar-refractivity contribution in [1.29, 1.82) is 0 Å². The Morgan fingerprint density at radius 3 is 2.70 bits per heavy atom. The van der Waals surface area contributed by atoms with Crippen LogP contribution in [-0.4, -0.2) is 44.2 Å². The monoisotopic (exact) mass is 317 g/mol. The van der Waals surface area contributed by atoms with Gasteiger partial charge in [0.05, 0.1) is 12.6 Å². The molecule has 2 aromatic rings. The Balaban J connectivity index is 2.21. The summed E-state index contributed by atoms with van der Waals surface area (Å²) in [5.41, 5.74) is 1.24. The van der Waals surface area contributed by atoms with Crippen LogP contribution in [-0.2, 0) is 17.9 Å². The van der Waals surface area contributed by atoms with Crippen molar-refractivity contribution in [2.24, 2.45) is 0 Å². The SMILES string of the molecule is CN(CCC(=O)O)Cc1cc(=O)c(O)cn1Cc1ccncc1. The zero-order valence-electron chi connectivity index (χ0n) is 12.8. The van der Waals surface area contributed by atoms with Crippen LogP contribution >= 0.6 is 0 Å². The van der Waals surface area contributed by atoms with Crippen LogP contribution in [0.3, 0.4) is 0 Å². The third-order valence-corrected chi connectivity index (χ3v) is 3.44. The maximum Gasteiger partial charge on any atom is 0.304 e. The minimum atomic E-state index is -0.864. The molecule has 0 aromatic carbocycles. The number of pyridine rings is 2. The molecule has 0 aliphatic carbocycles. The van der Waals surface area contributed by atoms with E-state index in [-0.39, 0.29) is 12.2 Å². The average molecular weight is 317 g/mol. The van der Waals surface area contributed by atoms with Gasteiger partial charge in [-0.1, -0.05) is 0 Å². The number of carbonyl (C=O) groups is 1. The molecule has 0 aliphatic heterocycles. The Kier molecular flexibility index (Phi) is 5.48. The van der Waals surface area contributed by atoms with Crippen LogP contribution in [0, 0.1) is 0 Å². The Hall–Kier alpha value is -2.67. The summed E-state index contributed by atoms with van der Waals surface area (Å²) >= 11 is 0. The summed E-state index contributed by atoms with van der Waals surface area (Å²) < 4.78 is 1.78. The first kappa shape index (κ1) is 16.7. The molecule has 0 fully saturated rings. The van der Waals surface area contributed by atoms with Crippen molar-refractivity contribution in [2.75, 3.05) is 13.6 Å². The molecule has 0 atom stereocenters. The highest BCUT2D eigenvalue weighted by Crippen LogP contribution is 2.11. The molecule has 7 heteroatoms.